The van der Waals surface area contributed by atoms with Crippen LogP contribution < -0.4 is 0 Å². The number of hydrogen-bond donors (Lipinski definition) is 2. The van der Waals surface area contributed by atoms with Gasteiger partial charge in [-0.15, -0.1) is 0 Å². The summed E-state index contributed by atoms with van der Waals surface area (Å²) in [5, 5.41) is 0. The second kappa shape index (κ2) is 3.06. The Kier molecular flexibility index (Phi) is 1.72. The topological polar surface area (TPSA) is 49.4 Å². The van der Waals surface area contributed by atoms with Crippen LogP contribution in [0.5, 0.6) is 0 Å². The number of H-pyrrole nitrogens is 2. The summed E-state index contributed by atoms with van der Waals surface area (Å²) < 4.78 is 2.59. The van der Waals surface area contributed by atoms with E-state index in [9.17, 15) is 0 Å². The summed E-state index contributed by atoms with van der Waals surface area (Å²) in [5.74, 6) is 0. The SMILES string of the molecule is S=c1[nH]c2ccc(-n3ccnc3)cc2[nH]1. The van der Waals surface area contributed by atoms with Crippen molar-refractivity contribution in [1.29, 1.82) is 0 Å². The molecular formula is C10H8N4S. The second-order valence-electron chi connectivity index (χ2n) is 3.28. The molecule has 0 amide bonds. The summed E-state index contributed by atoms with van der Waals surface area (Å²) >= 11 is 5.03. The van der Waals surface area contributed by atoms with Gasteiger partial charge in [-0.2, -0.15) is 0 Å². The first-order chi connectivity index (χ1) is 7.33. The zero-order chi connectivity index (χ0) is 10.3. The van der Waals surface area contributed by atoms with E-state index < -0.39 is 0 Å². The van der Waals surface area contributed by atoms with Gasteiger partial charge in [0.25, 0.3) is 0 Å². The van der Waals surface area contributed by atoms with Gasteiger partial charge in [0, 0.05) is 18.1 Å². The molecule has 0 radical (unpaired) electrons. The van der Waals surface area contributed by atoms with Gasteiger partial charge in [0.15, 0.2) is 4.77 Å². The van der Waals surface area contributed by atoms with Crippen molar-refractivity contribution in [2.24, 2.45) is 0 Å². The van der Waals surface area contributed by atoms with E-state index in [4.69, 9.17) is 12.2 Å². The van der Waals surface area contributed by atoms with E-state index >= 15 is 0 Å². The largest absolute Gasteiger partial charge is 0.331 e. The van der Waals surface area contributed by atoms with Crippen molar-refractivity contribution in [2.45, 2.75) is 0 Å². The Morgan fingerprint density at radius 1 is 1.20 bits per heavy atom. The fraction of sp³-hybridized carbons (Fsp3) is 0. The van der Waals surface area contributed by atoms with Crippen LogP contribution in [0, 0.1) is 4.77 Å². The van der Waals surface area contributed by atoms with Crippen molar-refractivity contribution in [3.05, 3.63) is 41.7 Å². The summed E-state index contributed by atoms with van der Waals surface area (Å²) in [6.45, 7) is 0. The Balaban J connectivity index is 2.26. The molecule has 3 aromatic rings. The zero-order valence-corrected chi connectivity index (χ0v) is 8.58. The average molecular weight is 216 g/mol. The molecule has 4 nitrogen and oxygen atoms in total. The number of nitrogens with zero attached hydrogens (tertiary/aromatic N) is 2. The highest BCUT2D eigenvalue weighted by Gasteiger charge is 1.99. The first-order valence-corrected chi connectivity index (χ1v) is 4.94. The second-order valence-corrected chi connectivity index (χ2v) is 3.69. The molecule has 0 aliphatic carbocycles. The number of imidazole rings is 2. The Hall–Kier alpha value is -1.88. The first-order valence-electron chi connectivity index (χ1n) is 4.53. The Bertz CT molecular complexity index is 647. The van der Waals surface area contributed by atoms with E-state index in [1.807, 2.05) is 29.0 Å². The summed E-state index contributed by atoms with van der Waals surface area (Å²) in [7, 11) is 0. The molecular weight excluding hydrogens is 208 g/mol. The molecule has 0 atom stereocenters. The lowest BCUT2D eigenvalue weighted by atomic mass is 10.3. The van der Waals surface area contributed by atoms with E-state index in [0.717, 1.165) is 16.7 Å². The highest BCUT2D eigenvalue weighted by atomic mass is 32.1. The molecule has 2 aromatic heterocycles. The predicted octanol–water partition coefficient (Wildman–Crippen LogP) is 2.41. The predicted molar refractivity (Wildman–Crippen MR) is 60.6 cm³/mol. The van der Waals surface area contributed by atoms with E-state index in [1.54, 1.807) is 12.5 Å². The molecule has 0 saturated heterocycles. The summed E-state index contributed by atoms with van der Waals surface area (Å²) in [6.07, 6.45) is 5.42. The maximum Gasteiger partial charge on any atom is 0.175 e. The smallest absolute Gasteiger partial charge is 0.175 e. The summed E-state index contributed by atoms with van der Waals surface area (Å²) in [4.78, 5) is 10.2. The van der Waals surface area contributed by atoms with Crippen LogP contribution in [0.25, 0.3) is 16.7 Å². The van der Waals surface area contributed by atoms with Crippen molar-refractivity contribution in [3.63, 3.8) is 0 Å². The molecule has 2 N–H and O–H groups in total. The fourth-order valence-corrected chi connectivity index (χ4v) is 1.81. The molecule has 0 aliphatic rings. The van der Waals surface area contributed by atoms with Crippen LogP contribution in [0.4, 0.5) is 0 Å². The van der Waals surface area contributed by atoms with E-state index in [1.165, 1.54) is 0 Å². The van der Waals surface area contributed by atoms with Gasteiger partial charge in [0.05, 0.1) is 17.4 Å². The van der Waals surface area contributed by atoms with Gasteiger partial charge in [0.1, 0.15) is 0 Å². The number of hydrogen-bond acceptors (Lipinski definition) is 2. The molecule has 0 bridgehead atoms. The molecule has 0 spiro atoms. The van der Waals surface area contributed by atoms with E-state index in [-0.39, 0.29) is 0 Å². The normalized spacial score (nSPS) is 10.9. The minimum atomic E-state index is 0.646. The molecule has 5 heteroatoms. The average Bonchev–Trinajstić information content (AvgIpc) is 2.82. The maximum atomic E-state index is 5.03. The van der Waals surface area contributed by atoms with Crippen molar-refractivity contribution in [2.75, 3.05) is 0 Å². The molecule has 74 valence electrons. The summed E-state index contributed by atoms with van der Waals surface area (Å²) in [6, 6.07) is 6.05. The molecule has 0 unspecified atom stereocenters. The molecule has 3 rings (SSSR count). The van der Waals surface area contributed by atoms with Crippen LogP contribution in [0.2, 0.25) is 0 Å². The lowest BCUT2D eigenvalue weighted by Gasteiger charge is -2.00. The molecule has 0 fully saturated rings. The van der Waals surface area contributed by atoms with E-state index in [2.05, 4.69) is 15.0 Å². The van der Waals surface area contributed by atoms with Gasteiger partial charge in [-0.3, -0.25) is 0 Å². The number of benzene rings is 1. The molecule has 15 heavy (non-hydrogen) atoms. The summed E-state index contributed by atoms with van der Waals surface area (Å²) in [5.41, 5.74) is 3.08. The third-order valence-electron chi connectivity index (χ3n) is 2.30. The van der Waals surface area contributed by atoms with Crippen LogP contribution in [0.15, 0.2) is 36.9 Å². The zero-order valence-electron chi connectivity index (χ0n) is 7.77. The molecule has 2 heterocycles. The van der Waals surface area contributed by atoms with Crippen LogP contribution in [0.3, 0.4) is 0 Å². The lowest BCUT2D eigenvalue weighted by Crippen LogP contribution is -1.88. The van der Waals surface area contributed by atoms with E-state index in [0.29, 0.717) is 4.77 Å². The monoisotopic (exact) mass is 216 g/mol. The number of aromatic amines is 2. The first kappa shape index (κ1) is 8.43. The van der Waals surface area contributed by atoms with Crippen LogP contribution in [-0.4, -0.2) is 19.5 Å². The third kappa shape index (κ3) is 1.37. The van der Waals surface area contributed by atoms with Gasteiger partial charge in [-0.1, -0.05) is 0 Å². The van der Waals surface area contributed by atoms with Gasteiger partial charge in [0.2, 0.25) is 0 Å². The minimum Gasteiger partial charge on any atom is -0.331 e. The Morgan fingerprint density at radius 2 is 2.07 bits per heavy atom. The van der Waals surface area contributed by atoms with Crippen LogP contribution in [-0.2, 0) is 0 Å². The fourth-order valence-electron chi connectivity index (χ4n) is 1.59. The third-order valence-corrected chi connectivity index (χ3v) is 2.51. The van der Waals surface area contributed by atoms with Gasteiger partial charge in [-0.05, 0) is 30.4 Å². The van der Waals surface area contributed by atoms with Gasteiger partial charge >= 0.3 is 0 Å². The van der Waals surface area contributed by atoms with Gasteiger partial charge < -0.3 is 14.5 Å². The van der Waals surface area contributed by atoms with Crippen molar-refractivity contribution in [1.82, 2.24) is 19.5 Å². The standard InChI is InChI=1S/C10H8N4S/c15-10-12-8-2-1-7(5-9(8)13-10)14-4-3-11-6-14/h1-6H,(H2,12,13,15). The van der Waals surface area contributed by atoms with Crippen molar-refractivity contribution in [3.8, 4) is 5.69 Å². The van der Waals surface area contributed by atoms with Crippen molar-refractivity contribution >= 4 is 23.3 Å². The lowest BCUT2D eigenvalue weighted by molar-refractivity contribution is 1.06. The Labute approximate surface area is 90.6 Å². The number of nitrogens with one attached hydrogen (secondary N) is 2. The molecule has 0 saturated carbocycles. The number of rotatable bonds is 1. The maximum absolute atomic E-state index is 5.03. The molecule has 1 aromatic carbocycles. The van der Waals surface area contributed by atoms with Gasteiger partial charge in [-0.25, -0.2) is 4.98 Å². The van der Waals surface area contributed by atoms with Crippen molar-refractivity contribution < 1.29 is 0 Å². The highest BCUT2D eigenvalue weighted by molar-refractivity contribution is 7.71. The van der Waals surface area contributed by atoms with Crippen LogP contribution >= 0.6 is 12.2 Å². The number of aromatic nitrogens is 4. The molecule has 0 aliphatic heterocycles. The quantitative estimate of drug-likeness (QED) is 0.614. The number of fused-ring (bicyclic) bond motifs is 1. The highest BCUT2D eigenvalue weighted by Crippen LogP contribution is 2.15. The Morgan fingerprint density at radius 3 is 2.87 bits per heavy atom. The minimum absolute atomic E-state index is 0.646. The van der Waals surface area contributed by atoms with Crippen LogP contribution in [0.1, 0.15) is 0 Å².